The van der Waals surface area contributed by atoms with Crippen LogP contribution in [0.3, 0.4) is 0 Å². The summed E-state index contributed by atoms with van der Waals surface area (Å²) in [6.07, 6.45) is 0. The summed E-state index contributed by atoms with van der Waals surface area (Å²) in [5, 5.41) is 0.965. The molecule has 6 heteroatoms. The quantitative estimate of drug-likeness (QED) is 0.936. The highest BCUT2D eigenvalue weighted by molar-refractivity contribution is 6.42. The van der Waals surface area contributed by atoms with E-state index in [9.17, 15) is 0 Å². The molecule has 0 unspecified atom stereocenters. The number of hydrogen-bond donors (Lipinski definition) is 1. The molecule has 0 fully saturated rings. The maximum absolute atomic E-state index is 6.06. The molecule has 0 aliphatic heterocycles. The van der Waals surface area contributed by atoms with Crippen LogP contribution in [0.2, 0.25) is 10.0 Å². The summed E-state index contributed by atoms with van der Waals surface area (Å²) in [4.78, 5) is 4.30. The van der Waals surface area contributed by atoms with Crippen LogP contribution >= 0.6 is 23.2 Å². The van der Waals surface area contributed by atoms with Gasteiger partial charge in [0.2, 0.25) is 5.95 Å². The molecule has 0 bridgehead atoms. The molecule has 19 heavy (non-hydrogen) atoms. The molecule has 2 rings (SSSR count). The van der Waals surface area contributed by atoms with Crippen LogP contribution in [0, 0.1) is 0 Å². The third-order valence-corrected chi connectivity index (χ3v) is 3.62. The number of ether oxygens (including phenoxy) is 1. The van der Waals surface area contributed by atoms with Gasteiger partial charge in [-0.3, -0.25) is 0 Å². The van der Waals surface area contributed by atoms with Gasteiger partial charge in [-0.2, -0.15) is 0 Å². The first kappa shape index (κ1) is 14.4. The summed E-state index contributed by atoms with van der Waals surface area (Å²) in [5.74, 6) is 0.432. The Labute approximate surface area is 122 Å². The van der Waals surface area contributed by atoms with E-state index < -0.39 is 0 Å². The molecular weight excluding hydrogens is 285 g/mol. The largest absolute Gasteiger partial charge is 0.374 e. The molecule has 2 N–H and O–H groups in total. The number of halogens is 2. The van der Waals surface area contributed by atoms with Crippen LogP contribution in [0.15, 0.2) is 12.1 Å². The SMILES string of the molecule is CCOC(C)(C)Cn1c(N)nc2cc(Cl)c(Cl)cc21. The molecule has 1 aromatic carbocycles. The minimum absolute atomic E-state index is 0.331. The first-order valence-corrected chi connectivity index (χ1v) is 6.84. The van der Waals surface area contributed by atoms with E-state index in [1.807, 2.05) is 25.3 Å². The highest BCUT2D eigenvalue weighted by Gasteiger charge is 2.22. The lowest BCUT2D eigenvalue weighted by Crippen LogP contribution is -2.31. The smallest absolute Gasteiger partial charge is 0.201 e. The lowest BCUT2D eigenvalue weighted by Gasteiger charge is -2.25. The van der Waals surface area contributed by atoms with E-state index in [1.165, 1.54) is 0 Å². The zero-order chi connectivity index (χ0) is 14.2. The lowest BCUT2D eigenvalue weighted by atomic mass is 10.1. The van der Waals surface area contributed by atoms with Crippen LogP contribution in [0.25, 0.3) is 11.0 Å². The van der Waals surface area contributed by atoms with Crippen molar-refractivity contribution >= 4 is 40.2 Å². The number of fused-ring (bicyclic) bond motifs is 1. The van der Waals surface area contributed by atoms with Crippen molar-refractivity contribution in [1.29, 1.82) is 0 Å². The minimum Gasteiger partial charge on any atom is -0.374 e. The van der Waals surface area contributed by atoms with Gasteiger partial charge in [0.1, 0.15) is 0 Å². The summed E-state index contributed by atoms with van der Waals surface area (Å²) in [5.41, 5.74) is 7.23. The fourth-order valence-corrected chi connectivity index (χ4v) is 2.44. The molecule has 0 saturated heterocycles. The van der Waals surface area contributed by atoms with Gasteiger partial charge in [0.15, 0.2) is 0 Å². The van der Waals surface area contributed by atoms with Crippen LogP contribution in [-0.2, 0) is 11.3 Å². The van der Waals surface area contributed by atoms with E-state index in [4.69, 9.17) is 33.7 Å². The van der Waals surface area contributed by atoms with Gasteiger partial charge in [-0.1, -0.05) is 23.2 Å². The number of anilines is 1. The second-order valence-corrected chi connectivity index (χ2v) is 5.82. The number of nitrogen functional groups attached to an aromatic ring is 1. The fourth-order valence-electron chi connectivity index (χ4n) is 2.12. The monoisotopic (exact) mass is 301 g/mol. The predicted molar refractivity (Wildman–Crippen MR) is 79.9 cm³/mol. The maximum Gasteiger partial charge on any atom is 0.201 e. The molecule has 0 radical (unpaired) electrons. The molecule has 0 aliphatic carbocycles. The molecule has 104 valence electrons. The molecule has 2 aromatic rings. The number of benzene rings is 1. The Hall–Kier alpha value is -0.970. The maximum atomic E-state index is 6.06. The van der Waals surface area contributed by atoms with Gasteiger partial charge in [-0.15, -0.1) is 0 Å². The number of nitrogens with two attached hydrogens (primary N) is 1. The van der Waals surface area contributed by atoms with Crippen LogP contribution < -0.4 is 5.73 Å². The third kappa shape index (κ3) is 2.96. The summed E-state index contributed by atoms with van der Waals surface area (Å²) < 4.78 is 7.59. The first-order chi connectivity index (χ1) is 8.84. The Morgan fingerprint density at radius 3 is 2.58 bits per heavy atom. The van der Waals surface area contributed by atoms with Crippen molar-refractivity contribution in [3.63, 3.8) is 0 Å². The molecule has 0 atom stereocenters. The Kier molecular flexibility index (Phi) is 3.95. The molecule has 1 aromatic heterocycles. The summed E-state index contributed by atoms with van der Waals surface area (Å²) in [6.45, 7) is 7.24. The molecule has 0 saturated carbocycles. The topological polar surface area (TPSA) is 53.1 Å². The van der Waals surface area contributed by atoms with E-state index in [0.29, 0.717) is 29.1 Å². The Morgan fingerprint density at radius 1 is 1.32 bits per heavy atom. The average Bonchev–Trinajstić information content (AvgIpc) is 2.56. The number of nitrogens with zero attached hydrogens (tertiary/aromatic N) is 2. The average molecular weight is 302 g/mol. The molecule has 1 heterocycles. The van der Waals surface area contributed by atoms with Crippen molar-refractivity contribution < 1.29 is 4.74 Å². The highest BCUT2D eigenvalue weighted by atomic mass is 35.5. The van der Waals surface area contributed by atoms with Crippen molar-refractivity contribution in [2.45, 2.75) is 32.9 Å². The van der Waals surface area contributed by atoms with Crippen molar-refractivity contribution in [2.75, 3.05) is 12.3 Å². The van der Waals surface area contributed by atoms with Crippen molar-refractivity contribution in [2.24, 2.45) is 0 Å². The zero-order valence-corrected chi connectivity index (χ0v) is 12.7. The van der Waals surface area contributed by atoms with E-state index in [2.05, 4.69) is 4.98 Å². The Balaban J connectivity index is 2.48. The molecule has 4 nitrogen and oxygen atoms in total. The van der Waals surface area contributed by atoms with E-state index >= 15 is 0 Å². The first-order valence-electron chi connectivity index (χ1n) is 6.09. The molecular formula is C13H17Cl2N3O. The molecule has 0 spiro atoms. The van der Waals surface area contributed by atoms with Gasteiger partial charge in [0.05, 0.1) is 33.2 Å². The number of hydrogen-bond acceptors (Lipinski definition) is 3. The second-order valence-electron chi connectivity index (χ2n) is 5.00. The normalized spacial score (nSPS) is 12.3. The number of aromatic nitrogens is 2. The number of imidazole rings is 1. The van der Waals surface area contributed by atoms with Crippen molar-refractivity contribution in [3.8, 4) is 0 Å². The Bertz CT molecular complexity index is 607. The second kappa shape index (κ2) is 5.19. The number of rotatable bonds is 4. The third-order valence-electron chi connectivity index (χ3n) is 2.89. The van der Waals surface area contributed by atoms with E-state index in [1.54, 1.807) is 12.1 Å². The van der Waals surface area contributed by atoms with Crippen molar-refractivity contribution in [1.82, 2.24) is 9.55 Å². The van der Waals surface area contributed by atoms with Gasteiger partial charge in [0, 0.05) is 6.61 Å². The molecule has 0 aliphatic rings. The van der Waals surface area contributed by atoms with E-state index in [-0.39, 0.29) is 5.60 Å². The summed E-state index contributed by atoms with van der Waals surface area (Å²) in [7, 11) is 0. The van der Waals surface area contributed by atoms with Crippen LogP contribution in [0.4, 0.5) is 5.95 Å². The minimum atomic E-state index is -0.331. The summed E-state index contributed by atoms with van der Waals surface area (Å²) >= 11 is 12.0. The standard InChI is InChI=1S/C13H17Cl2N3O/c1-4-19-13(2,3)7-18-11-6-9(15)8(14)5-10(11)17-12(18)16/h5-6H,4,7H2,1-3H3,(H2,16,17). The zero-order valence-electron chi connectivity index (χ0n) is 11.2. The fraction of sp³-hybridized carbons (Fsp3) is 0.462. The van der Waals surface area contributed by atoms with Gasteiger partial charge in [-0.05, 0) is 32.9 Å². The Morgan fingerprint density at radius 2 is 1.95 bits per heavy atom. The van der Waals surface area contributed by atoms with E-state index in [0.717, 1.165) is 11.0 Å². The van der Waals surface area contributed by atoms with Gasteiger partial charge in [-0.25, -0.2) is 4.98 Å². The van der Waals surface area contributed by atoms with Crippen LogP contribution in [-0.4, -0.2) is 21.8 Å². The van der Waals surface area contributed by atoms with Crippen LogP contribution in [0.1, 0.15) is 20.8 Å². The highest BCUT2D eigenvalue weighted by Crippen LogP contribution is 2.30. The summed E-state index contributed by atoms with van der Waals surface area (Å²) in [6, 6.07) is 3.50. The predicted octanol–water partition coefficient (Wildman–Crippen LogP) is 3.74. The van der Waals surface area contributed by atoms with Gasteiger partial charge < -0.3 is 15.0 Å². The van der Waals surface area contributed by atoms with Crippen molar-refractivity contribution in [3.05, 3.63) is 22.2 Å². The van der Waals surface area contributed by atoms with Gasteiger partial charge in [0.25, 0.3) is 0 Å². The lowest BCUT2D eigenvalue weighted by molar-refractivity contribution is -0.0212. The van der Waals surface area contributed by atoms with Crippen LogP contribution in [0.5, 0.6) is 0 Å². The molecule has 0 amide bonds. The van der Waals surface area contributed by atoms with Gasteiger partial charge >= 0.3 is 0 Å².